The van der Waals surface area contributed by atoms with Crippen molar-refractivity contribution in [2.45, 2.75) is 25.9 Å². The molecule has 1 aromatic heterocycles. The fourth-order valence-electron chi connectivity index (χ4n) is 1.53. The number of thioether (sulfide) groups is 1. The van der Waals surface area contributed by atoms with Crippen LogP contribution >= 0.6 is 11.8 Å². The Hall–Kier alpha value is -0.920. The molecule has 0 radical (unpaired) electrons. The molecule has 0 saturated carbocycles. The van der Waals surface area contributed by atoms with Gasteiger partial charge < -0.3 is 9.88 Å². The van der Waals surface area contributed by atoms with Gasteiger partial charge in [-0.1, -0.05) is 0 Å². The van der Waals surface area contributed by atoms with Gasteiger partial charge in [0.05, 0.1) is 0 Å². The maximum Gasteiger partial charge on any atom is 0.120 e. The van der Waals surface area contributed by atoms with Gasteiger partial charge in [0.15, 0.2) is 0 Å². The lowest BCUT2D eigenvalue weighted by Crippen LogP contribution is -2.25. The third-order valence-corrected chi connectivity index (χ3v) is 3.23. The quantitative estimate of drug-likeness (QED) is 0.824. The summed E-state index contributed by atoms with van der Waals surface area (Å²) in [4.78, 5) is 0. The van der Waals surface area contributed by atoms with Crippen LogP contribution in [0.2, 0.25) is 0 Å². The maximum absolute atomic E-state index is 8.83. The van der Waals surface area contributed by atoms with E-state index in [9.17, 15) is 0 Å². The van der Waals surface area contributed by atoms with Crippen molar-refractivity contribution < 1.29 is 0 Å². The van der Waals surface area contributed by atoms with E-state index in [1.54, 1.807) is 0 Å². The fourth-order valence-corrected chi connectivity index (χ4v) is 2.12. The lowest BCUT2D eigenvalue weighted by Gasteiger charge is -2.11. The molecule has 0 aliphatic heterocycles. The van der Waals surface area contributed by atoms with E-state index in [0.29, 0.717) is 11.7 Å². The summed E-state index contributed by atoms with van der Waals surface area (Å²) in [6.07, 6.45) is 5.31. The van der Waals surface area contributed by atoms with Crippen molar-refractivity contribution in [3.05, 3.63) is 23.5 Å². The van der Waals surface area contributed by atoms with Crippen LogP contribution in [0.3, 0.4) is 0 Å². The number of nitriles is 1. The summed E-state index contributed by atoms with van der Waals surface area (Å²) < 4.78 is 1.86. The Balaban J connectivity index is 2.40. The monoisotopic (exact) mass is 237 g/mol. The van der Waals surface area contributed by atoms with Crippen molar-refractivity contribution >= 4 is 11.8 Å². The minimum absolute atomic E-state index is 0.526. The van der Waals surface area contributed by atoms with E-state index in [0.717, 1.165) is 6.54 Å². The molecule has 4 heteroatoms. The number of hydrogen-bond donors (Lipinski definition) is 1. The minimum Gasteiger partial charge on any atom is -0.342 e. The third kappa shape index (κ3) is 3.92. The van der Waals surface area contributed by atoms with Crippen LogP contribution in [0.15, 0.2) is 12.3 Å². The molecule has 3 nitrogen and oxygen atoms in total. The summed E-state index contributed by atoms with van der Waals surface area (Å²) in [7, 11) is 1.90. The van der Waals surface area contributed by atoms with Crippen LogP contribution in [0.5, 0.6) is 0 Å². The smallest absolute Gasteiger partial charge is 0.120 e. The lowest BCUT2D eigenvalue weighted by atomic mass is 10.2. The van der Waals surface area contributed by atoms with Crippen LogP contribution in [-0.4, -0.2) is 22.6 Å². The summed E-state index contributed by atoms with van der Waals surface area (Å²) >= 11 is 1.87. The number of rotatable bonds is 6. The predicted octanol–water partition coefficient (Wildman–Crippen LogP) is 2.13. The van der Waals surface area contributed by atoms with E-state index in [4.69, 9.17) is 5.26 Å². The van der Waals surface area contributed by atoms with Gasteiger partial charge in [0, 0.05) is 25.8 Å². The first-order chi connectivity index (χ1) is 7.67. The Morgan fingerprint density at radius 3 is 2.94 bits per heavy atom. The summed E-state index contributed by atoms with van der Waals surface area (Å²) in [5.74, 6) is 1.19. The van der Waals surface area contributed by atoms with Gasteiger partial charge in [-0.05, 0) is 37.0 Å². The normalized spacial score (nSPS) is 12.4. The molecule has 0 aromatic carbocycles. The number of aromatic nitrogens is 1. The molecule has 1 aromatic rings. The van der Waals surface area contributed by atoms with Crippen molar-refractivity contribution in [3.63, 3.8) is 0 Å². The third-order valence-electron chi connectivity index (χ3n) is 2.59. The van der Waals surface area contributed by atoms with Gasteiger partial charge in [0.1, 0.15) is 11.8 Å². The zero-order chi connectivity index (χ0) is 12.0. The second-order valence-corrected chi connectivity index (χ2v) is 5.01. The average Bonchev–Trinajstić information content (AvgIpc) is 2.64. The highest BCUT2D eigenvalue weighted by Gasteiger charge is 2.04. The van der Waals surface area contributed by atoms with Crippen molar-refractivity contribution in [1.29, 1.82) is 5.26 Å². The summed E-state index contributed by atoms with van der Waals surface area (Å²) in [5.41, 5.74) is 1.89. The molecule has 0 amide bonds. The fraction of sp³-hybridized carbons (Fsp3) is 0.583. The Bertz CT molecular complexity index is 365. The first-order valence-corrected chi connectivity index (χ1v) is 6.84. The topological polar surface area (TPSA) is 40.8 Å². The van der Waals surface area contributed by atoms with E-state index < -0.39 is 0 Å². The van der Waals surface area contributed by atoms with Crippen LogP contribution in [0.1, 0.15) is 24.6 Å². The largest absolute Gasteiger partial charge is 0.342 e. The van der Waals surface area contributed by atoms with Crippen molar-refractivity contribution in [2.75, 3.05) is 12.0 Å². The molecule has 0 saturated heterocycles. The molecule has 1 unspecified atom stereocenters. The Labute approximate surface area is 102 Å². The molecule has 16 heavy (non-hydrogen) atoms. The Morgan fingerprint density at radius 2 is 2.38 bits per heavy atom. The molecule has 0 bridgehead atoms. The van der Waals surface area contributed by atoms with Crippen LogP contribution < -0.4 is 5.32 Å². The molecule has 1 N–H and O–H groups in total. The predicted molar refractivity (Wildman–Crippen MR) is 69.4 cm³/mol. The first kappa shape index (κ1) is 13.1. The molecule has 1 heterocycles. The van der Waals surface area contributed by atoms with Crippen molar-refractivity contribution in [2.24, 2.45) is 7.05 Å². The van der Waals surface area contributed by atoms with Crippen LogP contribution in [0.4, 0.5) is 0 Å². The summed E-state index contributed by atoms with van der Waals surface area (Å²) in [6, 6.07) is 4.63. The van der Waals surface area contributed by atoms with Crippen LogP contribution in [-0.2, 0) is 13.6 Å². The summed E-state index contributed by atoms with van der Waals surface area (Å²) in [5, 5.41) is 12.3. The number of hydrogen-bond acceptors (Lipinski definition) is 3. The lowest BCUT2D eigenvalue weighted by molar-refractivity contribution is 0.537. The minimum atomic E-state index is 0.526. The molecule has 0 spiro atoms. The average molecular weight is 237 g/mol. The second-order valence-electron chi connectivity index (χ2n) is 4.02. The highest BCUT2D eigenvalue weighted by molar-refractivity contribution is 7.98. The van der Waals surface area contributed by atoms with E-state index >= 15 is 0 Å². The molecule has 0 aliphatic carbocycles. The number of aryl methyl sites for hydroxylation is 1. The molecule has 0 aliphatic rings. The number of nitrogens with one attached hydrogen (secondary N) is 1. The van der Waals surface area contributed by atoms with Gasteiger partial charge in [0.25, 0.3) is 0 Å². The molecule has 1 rings (SSSR count). The van der Waals surface area contributed by atoms with Gasteiger partial charge >= 0.3 is 0 Å². The van der Waals surface area contributed by atoms with Gasteiger partial charge in [-0.2, -0.15) is 17.0 Å². The van der Waals surface area contributed by atoms with Gasteiger partial charge in [-0.15, -0.1) is 0 Å². The molecular formula is C12H19N3S. The van der Waals surface area contributed by atoms with Crippen molar-refractivity contribution in [1.82, 2.24) is 9.88 Å². The highest BCUT2D eigenvalue weighted by atomic mass is 32.2. The van der Waals surface area contributed by atoms with E-state index in [1.807, 2.05) is 35.6 Å². The van der Waals surface area contributed by atoms with Gasteiger partial charge in [-0.25, -0.2) is 0 Å². The Morgan fingerprint density at radius 1 is 1.62 bits per heavy atom. The van der Waals surface area contributed by atoms with E-state index in [2.05, 4.69) is 24.6 Å². The number of nitrogens with zero attached hydrogens (tertiary/aromatic N) is 2. The van der Waals surface area contributed by atoms with E-state index in [-0.39, 0.29) is 0 Å². The molecule has 0 fully saturated rings. The van der Waals surface area contributed by atoms with Gasteiger partial charge in [0.2, 0.25) is 0 Å². The zero-order valence-corrected chi connectivity index (χ0v) is 11.0. The summed E-state index contributed by atoms with van der Waals surface area (Å²) in [6.45, 7) is 3.04. The standard InChI is InChI=1S/C12H19N3S/c1-10(4-5-16-3)14-8-11-6-12(7-13)15(2)9-11/h6,9-10,14H,4-5,8H2,1-3H3. The van der Waals surface area contributed by atoms with E-state index in [1.165, 1.54) is 17.7 Å². The zero-order valence-electron chi connectivity index (χ0n) is 10.2. The molecule has 88 valence electrons. The van der Waals surface area contributed by atoms with Crippen LogP contribution in [0, 0.1) is 11.3 Å². The van der Waals surface area contributed by atoms with Crippen molar-refractivity contribution in [3.8, 4) is 6.07 Å². The SMILES string of the molecule is CSCCC(C)NCc1cc(C#N)n(C)c1. The Kier molecular flexibility index (Phi) is 5.44. The molecular weight excluding hydrogens is 218 g/mol. The maximum atomic E-state index is 8.83. The van der Waals surface area contributed by atoms with Crippen LogP contribution in [0.25, 0.3) is 0 Å². The first-order valence-electron chi connectivity index (χ1n) is 5.45. The molecule has 1 atom stereocenters. The van der Waals surface area contributed by atoms with Gasteiger partial charge in [-0.3, -0.25) is 0 Å². The highest BCUT2D eigenvalue weighted by Crippen LogP contribution is 2.07. The second kappa shape index (κ2) is 6.62.